The van der Waals surface area contributed by atoms with Gasteiger partial charge in [-0.25, -0.2) is 8.78 Å². The Morgan fingerprint density at radius 3 is 2.57 bits per heavy atom. The number of nitriles is 1. The van der Waals surface area contributed by atoms with E-state index >= 15 is 0 Å². The second-order valence-electron chi connectivity index (χ2n) is 7.62. The maximum Gasteiger partial charge on any atom is 0.255 e. The molecule has 3 saturated carbocycles. The number of nitrogens with zero attached hydrogens (tertiary/aromatic N) is 3. The first-order valence-electron chi connectivity index (χ1n) is 8.56. The normalized spacial score (nSPS) is 35.9. The Bertz CT molecular complexity index is 516. The van der Waals surface area contributed by atoms with Crippen LogP contribution >= 0.6 is 0 Å². The van der Waals surface area contributed by atoms with E-state index in [9.17, 15) is 13.6 Å². The van der Waals surface area contributed by atoms with E-state index in [0.29, 0.717) is 25.9 Å². The first-order chi connectivity index (χ1) is 10.9. The SMILES string of the molecule is CN(C)CCCN(CCC#N)C(=O)C1CC2CC1C1C2C1(F)F. The van der Waals surface area contributed by atoms with Crippen molar-refractivity contribution >= 4 is 5.91 Å². The minimum absolute atomic E-state index is 0.00709. The molecule has 3 aliphatic rings. The first kappa shape index (κ1) is 16.6. The van der Waals surface area contributed by atoms with Crippen molar-refractivity contribution in [2.75, 3.05) is 33.7 Å². The summed E-state index contributed by atoms with van der Waals surface area (Å²) in [4.78, 5) is 16.6. The molecule has 6 heteroatoms. The number of hydrogen-bond donors (Lipinski definition) is 0. The zero-order valence-electron chi connectivity index (χ0n) is 13.8. The molecule has 3 rings (SSSR count). The summed E-state index contributed by atoms with van der Waals surface area (Å²) in [6, 6.07) is 2.08. The van der Waals surface area contributed by atoms with Gasteiger partial charge in [-0.2, -0.15) is 5.26 Å². The highest BCUT2D eigenvalue weighted by Gasteiger charge is 2.80. The molecule has 0 aromatic rings. The van der Waals surface area contributed by atoms with Crippen LogP contribution in [0.15, 0.2) is 0 Å². The van der Waals surface area contributed by atoms with Gasteiger partial charge < -0.3 is 9.80 Å². The molecule has 0 N–H and O–H groups in total. The molecule has 0 aliphatic heterocycles. The summed E-state index contributed by atoms with van der Waals surface area (Å²) >= 11 is 0. The Balaban J connectivity index is 1.61. The number of halogens is 2. The minimum Gasteiger partial charge on any atom is -0.341 e. The summed E-state index contributed by atoms with van der Waals surface area (Å²) in [6.07, 6.45) is 2.56. The topological polar surface area (TPSA) is 47.3 Å². The van der Waals surface area contributed by atoms with Crippen LogP contribution in [0.4, 0.5) is 8.78 Å². The van der Waals surface area contributed by atoms with Crippen molar-refractivity contribution in [1.82, 2.24) is 9.80 Å². The van der Waals surface area contributed by atoms with Gasteiger partial charge in [0.05, 0.1) is 12.5 Å². The summed E-state index contributed by atoms with van der Waals surface area (Å²) < 4.78 is 27.5. The number of amides is 1. The number of carbonyl (C=O) groups excluding carboxylic acids is 1. The monoisotopic (exact) mass is 325 g/mol. The van der Waals surface area contributed by atoms with Gasteiger partial charge in [-0.05, 0) is 51.7 Å². The molecule has 1 amide bonds. The second-order valence-corrected chi connectivity index (χ2v) is 7.62. The Kier molecular flexibility index (Phi) is 4.35. The van der Waals surface area contributed by atoms with E-state index in [2.05, 4.69) is 11.0 Å². The molecule has 23 heavy (non-hydrogen) atoms. The Hall–Kier alpha value is -1.22. The molecular weight excluding hydrogens is 300 g/mol. The zero-order chi connectivity index (χ0) is 16.8. The van der Waals surface area contributed by atoms with Crippen molar-refractivity contribution in [1.29, 1.82) is 5.26 Å². The van der Waals surface area contributed by atoms with Gasteiger partial charge in [0.15, 0.2) is 0 Å². The number of hydrogen-bond acceptors (Lipinski definition) is 3. The fourth-order valence-electron chi connectivity index (χ4n) is 4.95. The first-order valence-corrected chi connectivity index (χ1v) is 8.56. The Morgan fingerprint density at radius 1 is 1.22 bits per heavy atom. The molecule has 0 aromatic heterocycles. The number of rotatable bonds is 7. The van der Waals surface area contributed by atoms with E-state index in [4.69, 9.17) is 5.26 Å². The third-order valence-electron chi connectivity index (χ3n) is 5.94. The molecule has 5 atom stereocenters. The molecule has 3 fully saturated rings. The quantitative estimate of drug-likeness (QED) is 0.721. The molecule has 3 aliphatic carbocycles. The highest BCUT2D eigenvalue weighted by atomic mass is 19.3. The van der Waals surface area contributed by atoms with Crippen LogP contribution in [-0.4, -0.2) is 55.4 Å². The zero-order valence-corrected chi connectivity index (χ0v) is 13.8. The molecule has 128 valence electrons. The fourth-order valence-corrected chi connectivity index (χ4v) is 4.95. The van der Waals surface area contributed by atoms with E-state index in [1.807, 2.05) is 14.1 Å². The van der Waals surface area contributed by atoms with Crippen LogP contribution in [0, 0.1) is 40.9 Å². The maximum absolute atomic E-state index is 13.7. The van der Waals surface area contributed by atoms with Gasteiger partial charge in [-0.1, -0.05) is 0 Å². The largest absolute Gasteiger partial charge is 0.341 e. The second kappa shape index (κ2) is 6.01. The van der Waals surface area contributed by atoms with Gasteiger partial charge in [-0.3, -0.25) is 4.79 Å². The Morgan fingerprint density at radius 2 is 1.96 bits per heavy atom. The number of carbonyl (C=O) groups is 1. The Labute approximate surface area is 136 Å². The van der Waals surface area contributed by atoms with E-state index in [-0.39, 0.29) is 23.7 Å². The highest BCUT2D eigenvalue weighted by molar-refractivity contribution is 5.80. The van der Waals surface area contributed by atoms with Crippen molar-refractivity contribution in [3.63, 3.8) is 0 Å². The van der Waals surface area contributed by atoms with Gasteiger partial charge >= 0.3 is 0 Å². The summed E-state index contributed by atoms with van der Waals surface area (Å²) in [5.74, 6) is -3.85. The molecular formula is C17H25F2N3O. The molecule has 0 spiro atoms. The van der Waals surface area contributed by atoms with Crippen LogP contribution in [0.2, 0.25) is 0 Å². The molecule has 0 aromatic carbocycles. The van der Waals surface area contributed by atoms with Crippen molar-refractivity contribution in [3.05, 3.63) is 0 Å². The number of alkyl halides is 2. The van der Waals surface area contributed by atoms with E-state index in [1.54, 1.807) is 4.90 Å². The standard InChI is InChI=1S/C17H25F2N3O/c1-21(2)6-4-8-22(7-3-5-20)16(23)13-10-11-9-12(13)15-14(11)17(15,18)19/h11-15H,3-4,6-10H2,1-2H3. The van der Waals surface area contributed by atoms with Crippen LogP contribution in [-0.2, 0) is 4.79 Å². The lowest BCUT2D eigenvalue weighted by Gasteiger charge is -2.29. The third kappa shape index (κ3) is 2.84. The smallest absolute Gasteiger partial charge is 0.255 e. The van der Waals surface area contributed by atoms with Crippen molar-refractivity contribution in [2.24, 2.45) is 29.6 Å². The van der Waals surface area contributed by atoms with Crippen LogP contribution < -0.4 is 0 Å². The van der Waals surface area contributed by atoms with Crippen LogP contribution in [0.25, 0.3) is 0 Å². The number of fused-ring (bicyclic) bond motifs is 5. The van der Waals surface area contributed by atoms with Gasteiger partial charge in [0.1, 0.15) is 0 Å². The van der Waals surface area contributed by atoms with Crippen LogP contribution in [0.1, 0.15) is 25.7 Å². The van der Waals surface area contributed by atoms with Crippen LogP contribution in [0.3, 0.4) is 0 Å². The van der Waals surface area contributed by atoms with Crippen molar-refractivity contribution in [3.8, 4) is 6.07 Å². The lowest BCUT2D eigenvalue weighted by molar-refractivity contribution is -0.137. The molecule has 0 saturated heterocycles. The predicted molar refractivity (Wildman–Crippen MR) is 81.6 cm³/mol. The van der Waals surface area contributed by atoms with Gasteiger partial charge in [0, 0.05) is 30.8 Å². The molecule has 5 unspecified atom stereocenters. The van der Waals surface area contributed by atoms with Crippen molar-refractivity contribution < 1.29 is 13.6 Å². The minimum atomic E-state index is -2.52. The van der Waals surface area contributed by atoms with E-state index < -0.39 is 17.8 Å². The van der Waals surface area contributed by atoms with Crippen molar-refractivity contribution in [2.45, 2.75) is 31.6 Å². The summed E-state index contributed by atoms with van der Waals surface area (Å²) in [5, 5.41) is 8.80. The summed E-state index contributed by atoms with van der Waals surface area (Å²) in [6.45, 7) is 1.90. The summed E-state index contributed by atoms with van der Waals surface area (Å²) in [5.41, 5.74) is 0. The lowest BCUT2D eigenvalue weighted by atomic mass is 9.87. The fraction of sp³-hybridized carbons (Fsp3) is 0.882. The average molecular weight is 325 g/mol. The highest BCUT2D eigenvalue weighted by Crippen LogP contribution is 2.75. The predicted octanol–water partition coefficient (Wildman–Crippen LogP) is 2.22. The van der Waals surface area contributed by atoms with Crippen LogP contribution in [0.5, 0.6) is 0 Å². The molecule has 0 radical (unpaired) electrons. The van der Waals surface area contributed by atoms with E-state index in [0.717, 1.165) is 19.4 Å². The van der Waals surface area contributed by atoms with Gasteiger partial charge in [0.25, 0.3) is 5.92 Å². The van der Waals surface area contributed by atoms with Gasteiger partial charge in [0.2, 0.25) is 5.91 Å². The van der Waals surface area contributed by atoms with Gasteiger partial charge in [-0.15, -0.1) is 0 Å². The molecule has 0 heterocycles. The summed E-state index contributed by atoms with van der Waals surface area (Å²) in [7, 11) is 3.96. The third-order valence-corrected chi connectivity index (χ3v) is 5.94. The molecule has 4 nitrogen and oxygen atoms in total. The van der Waals surface area contributed by atoms with E-state index in [1.165, 1.54) is 0 Å². The molecule has 2 bridgehead atoms. The lowest BCUT2D eigenvalue weighted by Crippen LogP contribution is -2.40. The maximum atomic E-state index is 13.7. The average Bonchev–Trinajstić information content (AvgIpc) is 2.84.